The van der Waals surface area contributed by atoms with Gasteiger partial charge < -0.3 is 16.4 Å². The molecule has 4 heterocycles. The van der Waals surface area contributed by atoms with Crippen molar-refractivity contribution in [3.8, 4) is 23.5 Å². The van der Waals surface area contributed by atoms with Gasteiger partial charge in [-0.25, -0.2) is 9.97 Å². The number of H-pyrrole nitrogens is 1. The fourth-order valence-corrected chi connectivity index (χ4v) is 3.86. The maximum Gasteiger partial charge on any atom is 0.408 e. The van der Waals surface area contributed by atoms with E-state index in [4.69, 9.17) is 6.42 Å². The molecule has 3 aromatic heterocycles. The summed E-state index contributed by atoms with van der Waals surface area (Å²) in [7, 11) is 0. The molecule has 0 aliphatic carbocycles. The van der Waals surface area contributed by atoms with Crippen LogP contribution in [0.15, 0.2) is 31.0 Å². The predicted molar refractivity (Wildman–Crippen MR) is 123 cm³/mol. The lowest BCUT2D eigenvalue weighted by Gasteiger charge is -2.49. The monoisotopic (exact) mass is 489 g/mol. The second kappa shape index (κ2) is 9.75. The number of hydrogen-bond donors (Lipinski definition) is 3. The van der Waals surface area contributed by atoms with Crippen LogP contribution in [-0.4, -0.2) is 61.2 Å². The molecule has 1 fully saturated rings. The summed E-state index contributed by atoms with van der Waals surface area (Å²) >= 11 is 0. The molecule has 1 saturated heterocycles. The van der Waals surface area contributed by atoms with E-state index in [0.29, 0.717) is 25.3 Å². The van der Waals surface area contributed by atoms with Crippen LogP contribution in [0.3, 0.4) is 0 Å². The molecule has 1 atom stereocenters. The van der Waals surface area contributed by atoms with Crippen molar-refractivity contribution in [1.82, 2.24) is 41.4 Å². The Morgan fingerprint density at radius 2 is 2.03 bits per heavy atom. The number of aryl methyl sites for hydroxylation is 1. The highest BCUT2D eigenvalue weighted by atomic mass is 19.4. The van der Waals surface area contributed by atoms with E-state index >= 15 is 0 Å². The van der Waals surface area contributed by atoms with Crippen LogP contribution >= 0.6 is 0 Å². The van der Waals surface area contributed by atoms with E-state index < -0.39 is 23.7 Å². The summed E-state index contributed by atoms with van der Waals surface area (Å²) in [5.41, 5.74) is 2.30. The fourth-order valence-electron chi connectivity index (χ4n) is 3.86. The number of terminal acetylenes is 1. The molecule has 0 unspecified atom stereocenters. The van der Waals surface area contributed by atoms with Gasteiger partial charge in [0.2, 0.25) is 0 Å². The third kappa shape index (κ3) is 4.97. The number of carbonyl (C=O) groups excluding carboxylic acids is 1. The second-order valence-electron chi connectivity index (χ2n) is 8.25. The van der Waals surface area contributed by atoms with E-state index in [-0.39, 0.29) is 11.8 Å². The van der Waals surface area contributed by atoms with E-state index in [0.717, 1.165) is 36.4 Å². The molecule has 0 radical (unpaired) electrons. The number of carbonyl (C=O) groups is 1. The van der Waals surface area contributed by atoms with Gasteiger partial charge in [0.15, 0.2) is 0 Å². The van der Waals surface area contributed by atoms with Gasteiger partial charge in [-0.2, -0.15) is 23.4 Å². The number of halogens is 3. The van der Waals surface area contributed by atoms with Crippen molar-refractivity contribution in [3.05, 3.63) is 42.4 Å². The maximum atomic E-state index is 12.7. The van der Waals surface area contributed by atoms with Gasteiger partial charge in [0.05, 0.1) is 24.8 Å². The summed E-state index contributed by atoms with van der Waals surface area (Å²) in [6, 6.07) is -1.99. The molecule has 0 bridgehead atoms. The topological polar surface area (TPSA) is 140 Å². The number of nitrogens with zero attached hydrogens (tertiary/aromatic N) is 6. The molecule has 0 spiro atoms. The van der Waals surface area contributed by atoms with Gasteiger partial charge in [-0.1, -0.05) is 6.92 Å². The molecule has 4 rings (SSSR count). The third-order valence-electron chi connectivity index (χ3n) is 5.89. The Balaban J connectivity index is 0.00000342. The van der Waals surface area contributed by atoms with Crippen molar-refractivity contribution in [2.75, 3.05) is 18.0 Å². The van der Waals surface area contributed by atoms with Gasteiger partial charge in [0.1, 0.15) is 23.1 Å². The van der Waals surface area contributed by atoms with Crippen LogP contribution in [0.25, 0.3) is 11.1 Å². The molecule has 186 valence electrons. The van der Waals surface area contributed by atoms with Gasteiger partial charge in [-0.3, -0.25) is 14.6 Å². The summed E-state index contributed by atoms with van der Waals surface area (Å²) in [4.78, 5) is 22.1. The molecule has 10 nitrogen and oxygen atoms in total. The summed E-state index contributed by atoms with van der Waals surface area (Å²) in [6.07, 6.45) is 10.4. The van der Waals surface area contributed by atoms with E-state index in [1.54, 1.807) is 12.4 Å². The van der Waals surface area contributed by atoms with Gasteiger partial charge in [-0.15, -0.1) is 12.3 Å². The average Bonchev–Trinajstić information content (AvgIpc) is 3.44. The minimum absolute atomic E-state index is 0. The second-order valence-corrected chi connectivity index (χ2v) is 8.25. The predicted octanol–water partition coefficient (Wildman–Crippen LogP) is 2.71. The Bertz CT molecular complexity index is 1200. The number of alkyl halides is 3. The van der Waals surface area contributed by atoms with Crippen molar-refractivity contribution in [1.29, 1.82) is 0 Å². The van der Waals surface area contributed by atoms with Crippen molar-refractivity contribution in [3.63, 3.8) is 0 Å². The minimum Gasteiger partial charge on any atom is -0.350 e. The van der Waals surface area contributed by atoms with Gasteiger partial charge in [0, 0.05) is 42.5 Å². The largest absolute Gasteiger partial charge is 0.408 e. The molecule has 0 saturated carbocycles. The Hall–Kier alpha value is -3.92. The quantitative estimate of drug-likeness (QED) is 0.434. The first-order valence-electron chi connectivity index (χ1n) is 10.6. The highest BCUT2D eigenvalue weighted by molar-refractivity contribution is 5.92. The summed E-state index contributed by atoms with van der Waals surface area (Å²) < 4.78 is 39.8. The van der Waals surface area contributed by atoms with Crippen molar-refractivity contribution in [2.24, 2.45) is 0 Å². The first-order valence-corrected chi connectivity index (χ1v) is 10.6. The number of nitrogens with one attached hydrogen (secondary N) is 2. The van der Waals surface area contributed by atoms with Gasteiger partial charge in [-0.05, 0) is 13.3 Å². The third-order valence-corrected chi connectivity index (χ3v) is 5.89. The Morgan fingerprint density at radius 3 is 2.63 bits per heavy atom. The van der Waals surface area contributed by atoms with E-state index in [1.807, 2.05) is 28.0 Å². The van der Waals surface area contributed by atoms with Crippen LogP contribution in [0.5, 0.6) is 0 Å². The molecule has 13 heteroatoms. The zero-order valence-electron chi connectivity index (χ0n) is 19.3. The first kappa shape index (κ1) is 25.7. The number of aromatic nitrogens is 6. The molecule has 1 amide bonds. The van der Waals surface area contributed by atoms with Crippen LogP contribution in [0.1, 0.15) is 36.5 Å². The maximum absolute atomic E-state index is 12.7. The lowest BCUT2D eigenvalue weighted by molar-refractivity contribution is -0.149. The Morgan fingerprint density at radius 1 is 1.29 bits per heavy atom. The zero-order valence-corrected chi connectivity index (χ0v) is 19.3. The van der Waals surface area contributed by atoms with Crippen LogP contribution in [0.2, 0.25) is 0 Å². The average molecular weight is 490 g/mol. The fraction of sp³-hybridized carbons (Fsp3) is 0.409. The molecule has 35 heavy (non-hydrogen) atoms. The van der Waals surface area contributed by atoms with Crippen LogP contribution in [0.4, 0.5) is 19.0 Å². The molecule has 1 aliphatic rings. The van der Waals surface area contributed by atoms with Gasteiger partial charge in [0.25, 0.3) is 5.91 Å². The lowest BCUT2D eigenvalue weighted by atomic mass is 9.86. The highest BCUT2D eigenvalue weighted by Gasteiger charge is 2.46. The lowest BCUT2D eigenvalue weighted by Crippen LogP contribution is -2.63. The molecule has 5 N–H and O–H groups in total. The van der Waals surface area contributed by atoms with Crippen molar-refractivity contribution >= 4 is 11.7 Å². The zero-order chi connectivity index (χ0) is 24.5. The molecule has 1 aliphatic heterocycles. The van der Waals surface area contributed by atoms with E-state index in [9.17, 15) is 18.0 Å². The summed E-state index contributed by atoms with van der Waals surface area (Å²) in [5, 5.41) is 13.5. The Labute approximate surface area is 199 Å². The Kier molecular flexibility index (Phi) is 7.16. The van der Waals surface area contributed by atoms with Crippen LogP contribution in [0, 0.1) is 12.3 Å². The standard InChI is InChI=1S/C22H23F3N8O.H3N/c1-4-6-21(33-11-15(7-29-33)16-8-28-31-17(16)5-2)12-32(13-21)19-10-26-18(9-27-19)20(34)30-14(3)22(23,24)25;/h1,7-11,14H,5-6,12-13H2,2-3H3,(H,28,31)(H,30,34);1H3/t14-;/m0./s1. The molecule has 3 aromatic rings. The van der Waals surface area contributed by atoms with E-state index in [2.05, 4.69) is 31.2 Å². The minimum atomic E-state index is -4.54. The van der Waals surface area contributed by atoms with Gasteiger partial charge >= 0.3 is 6.18 Å². The van der Waals surface area contributed by atoms with Crippen LogP contribution < -0.4 is 16.4 Å². The molecule has 0 aromatic carbocycles. The summed E-state index contributed by atoms with van der Waals surface area (Å²) in [6.45, 7) is 3.92. The number of aromatic amines is 1. The molecular weight excluding hydrogens is 463 g/mol. The number of rotatable bonds is 7. The molecular formula is C22H26F3N9O. The van der Waals surface area contributed by atoms with E-state index in [1.165, 1.54) is 6.20 Å². The normalized spacial score (nSPS) is 15.5. The van der Waals surface area contributed by atoms with Crippen molar-refractivity contribution in [2.45, 2.75) is 44.4 Å². The highest BCUT2D eigenvalue weighted by Crippen LogP contribution is 2.36. The first-order chi connectivity index (χ1) is 16.2. The summed E-state index contributed by atoms with van der Waals surface area (Å²) in [5.74, 6) is 2.26. The van der Waals surface area contributed by atoms with Crippen LogP contribution in [-0.2, 0) is 12.0 Å². The number of hydrogen-bond acceptors (Lipinski definition) is 7. The van der Waals surface area contributed by atoms with Crippen molar-refractivity contribution < 1.29 is 18.0 Å². The number of amides is 1. The smallest absolute Gasteiger partial charge is 0.350 e. The number of anilines is 1. The SMILES string of the molecule is C#CCC1(n2cc(-c3cn[nH]c3CC)cn2)CN(c2cnc(C(=O)N[C@@H](C)C(F)(F)F)cn2)C1.N.